The Labute approximate surface area is 125 Å². The third-order valence-corrected chi connectivity index (χ3v) is 6.12. The van der Waals surface area contributed by atoms with Crippen molar-refractivity contribution >= 4 is 29.0 Å². The number of hydrogen-bond acceptors (Lipinski definition) is 4. The van der Waals surface area contributed by atoms with E-state index in [1.165, 1.54) is 0 Å². The first-order chi connectivity index (χ1) is 9.75. The second-order valence-corrected chi connectivity index (χ2v) is 7.13. The summed E-state index contributed by atoms with van der Waals surface area (Å²) in [5.41, 5.74) is 2.86. The van der Waals surface area contributed by atoms with Gasteiger partial charge in [-0.25, -0.2) is 0 Å². The molecule has 2 aliphatic heterocycles. The quantitative estimate of drug-likeness (QED) is 0.812. The molecule has 0 saturated heterocycles. The molecule has 0 spiro atoms. The Morgan fingerprint density at radius 3 is 2.95 bits per heavy atom. The molecule has 1 aromatic heterocycles. The molecule has 2 aliphatic rings. The lowest BCUT2D eigenvalue weighted by molar-refractivity contribution is 0.0758. The SMILES string of the molecule is O=C1c2ccccc2[C@H]2SC[C@@H](O)c3ccsc3CN12. The van der Waals surface area contributed by atoms with Gasteiger partial charge in [0, 0.05) is 16.2 Å². The van der Waals surface area contributed by atoms with Gasteiger partial charge in [-0.15, -0.1) is 23.1 Å². The van der Waals surface area contributed by atoms with E-state index in [4.69, 9.17) is 0 Å². The molecule has 20 heavy (non-hydrogen) atoms. The van der Waals surface area contributed by atoms with Gasteiger partial charge in [0.25, 0.3) is 5.91 Å². The van der Waals surface area contributed by atoms with Crippen LogP contribution < -0.4 is 0 Å². The first-order valence-corrected chi connectivity index (χ1v) is 8.44. The zero-order chi connectivity index (χ0) is 13.7. The molecule has 1 amide bonds. The summed E-state index contributed by atoms with van der Waals surface area (Å²) in [6.45, 7) is 0.592. The average molecular weight is 303 g/mol. The van der Waals surface area contributed by atoms with Crippen molar-refractivity contribution in [1.29, 1.82) is 0 Å². The van der Waals surface area contributed by atoms with Crippen molar-refractivity contribution in [3.8, 4) is 0 Å². The number of thiophene rings is 1. The Hall–Kier alpha value is -1.30. The Balaban J connectivity index is 1.80. The van der Waals surface area contributed by atoms with Crippen molar-refractivity contribution in [3.63, 3.8) is 0 Å². The molecule has 2 atom stereocenters. The first-order valence-electron chi connectivity index (χ1n) is 6.51. The zero-order valence-corrected chi connectivity index (χ0v) is 12.3. The molecular weight excluding hydrogens is 290 g/mol. The maximum atomic E-state index is 12.6. The third kappa shape index (κ3) is 1.74. The average Bonchev–Trinajstić information content (AvgIpc) is 3.01. The minimum Gasteiger partial charge on any atom is -0.388 e. The van der Waals surface area contributed by atoms with Crippen LogP contribution in [0.15, 0.2) is 35.7 Å². The number of nitrogens with zero attached hydrogens (tertiary/aromatic N) is 1. The van der Waals surface area contributed by atoms with Crippen LogP contribution in [0.25, 0.3) is 0 Å². The highest BCUT2D eigenvalue weighted by atomic mass is 32.2. The lowest BCUT2D eigenvalue weighted by Gasteiger charge is -2.28. The van der Waals surface area contributed by atoms with E-state index in [1.54, 1.807) is 23.1 Å². The Bertz CT molecular complexity index is 682. The van der Waals surface area contributed by atoms with Crippen LogP contribution in [0, 0.1) is 0 Å². The van der Waals surface area contributed by atoms with E-state index in [0.29, 0.717) is 12.3 Å². The number of rotatable bonds is 0. The smallest absolute Gasteiger partial charge is 0.255 e. The van der Waals surface area contributed by atoms with Crippen molar-refractivity contribution in [3.05, 3.63) is 57.3 Å². The van der Waals surface area contributed by atoms with Crippen LogP contribution in [0.1, 0.15) is 37.8 Å². The highest BCUT2D eigenvalue weighted by molar-refractivity contribution is 7.99. The third-order valence-electron chi connectivity index (χ3n) is 3.87. The van der Waals surface area contributed by atoms with E-state index in [0.717, 1.165) is 21.6 Å². The molecule has 3 heterocycles. The minimum atomic E-state index is -0.439. The van der Waals surface area contributed by atoms with Gasteiger partial charge in [-0.05, 0) is 28.6 Å². The fourth-order valence-electron chi connectivity index (χ4n) is 2.87. The maximum Gasteiger partial charge on any atom is 0.255 e. The maximum absolute atomic E-state index is 12.6. The summed E-state index contributed by atoms with van der Waals surface area (Å²) in [5, 5.41) is 12.3. The van der Waals surface area contributed by atoms with Crippen LogP contribution in [-0.2, 0) is 6.54 Å². The van der Waals surface area contributed by atoms with Gasteiger partial charge in [-0.2, -0.15) is 0 Å². The van der Waals surface area contributed by atoms with Gasteiger partial charge < -0.3 is 10.0 Å². The second kappa shape index (κ2) is 4.62. The number of benzene rings is 1. The summed E-state index contributed by atoms with van der Waals surface area (Å²) in [4.78, 5) is 15.6. The van der Waals surface area contributed by atoms with Gasteiger partial charge in [0.2, 0.25) is 0 Å². The molecule has 0 aliphatic carbocycles. The van der Waals surface area contributed by atoms with Crippen molar-refractivity contribution < 1.29 is 9.90 Å². The Kier molecular flexibility index (Phi) is 2.87. The van der Waals surface area contributed by atoms with Gasteiger partial charge in [-0.1, -0.05) is 18.2 Å². The molecule has 0 radical (unpaired) electrons. The molecule has 3 nitrogen and oxygen atoms in total. The number of hydrogen-bond donors (Lipinski definition) is 1. The van der Waals surface area contributed by atoms with Crippen LogP contribution in [0.2, 0.25) is 0 Å². The number of fused-ring (bicyclic) bond motifs is 4. The molecule has 0 bridgehead atoms. The summed E-state index contributed by atoms with van der Waals surface area (Å²) >= 11 is 3.27. The second-order valence-electron chi connectivity index (χ2n) is 5.02. The number of aliphatic hydroxyl groups excluding tert-OH is 1. The molecule has 0 unspecified atom stereocenters. The van der Waals surface area contributed by atoms with Crippen LogP contribution in [0.3, 0.4) is 0 Å². The van der Waals surface area contributed by atoms with Gasteiger partial charge in [0.15, 0.2) is 0 Å². The summed E-state index contributed by atoms with van der Waals surface area (Å²) in [6, 6.07) is 9.78. The van der Waals surface area contributed by atoms with Gasteiger partial charge in [-0.3, -0.25) is 4.79 Å². The van der Waals surface area contributed by atoms with Gasteiger partial charge in [0.05, 0.1) is 12.6 Å². The Morgan fingerprint density at radius 2 is 2.05 bits per heavy atom. The highest BCUT2D eigenvalue weighted by Gasteiger charge is 2.39. The highest BCUT2D eigenvalue weighted by Crippen LogP contribution is 2.46. The van der Waals surface area contributed by atoms with Crippen LogP contribution in [0.4, 0.5) is 0 Å². The largest absolute Gasteiger partial charge is 0.388 e. The standard InChI is InChI=1S/C15H13NO2S2/c17-12-8-20-15-10-4-2-1-3-9(10)14(18)16(15)7-13-11(12)5-6-19-13/h1-6,12,15,17H,7-8H2/t12-,15-/m1/s1. The molecule has 4 rings (SSSR count). The minimum absolute atomic E-state index is 0.0311. The molecule has 1 N–H and O–H groups in total. The van der Waals surface area contributed by atoms with Crippen LogP contribution in [-0.4, -0.2) is 21.7 Å². The predicted octanol–water partition coefficient (Wildman–Crippen LogP) is 3.18. The zero-order valence-electron chi connectivity index (χ0n) is 10.7. The lowest BCUT2D eigenvalue weighted by Crippen LogP contribution is -2.28. The van der Waals surface area contributed by atoms with E-state index >= 15 is 0 Å². The van der Waals surface area contributed by atoms with Crippen LogP contribution >= 0.6 is 23.1 Å². The fraction of sp³-hybridized carbons (Fsp3) is 0.267. The first kappa shape index (κ1) is 12.4. The van der Waals surface area contributed by atoms with E-state index in [9.17, 15) is 9.90 Å². The monoisotopic (exact) mass is 303 g/mol. The fourth-order valence-corrected chi connectivity index (χ4v) is 5.09. The van der Waals surface area contributed by atoms with Crippen molar-refractivity contribution in [2.24, 2.45) is 0 Å². The summed E-state index contributed by atoms with van der Waals surface area (Å²) in [7, 11) is 0. The Morgan fingerprint density at radius 1 is 1.20 bits per heavy atom. The van der Waals surface area contributed by atoms with Crippen molar-refractivity contribution in [2.75, 3.05) is 5.75 Å². The normalized spacial score (nSPS) is 24.6. The number of carbonyl (C=O) groups excluding carboxylic acids is 1. The van der Waals surface area contributed by atoms with E-state index in [-0.39, 0.29) is 11.3 Å². The topological polar surface area (TPSA) is 40.5 Å². The van der Waals surface area contributed by atoms with Gasteiger partial charge >= 0.3 is 0 Å². The number of amides is 1. The van der Waals surface area contributed by atoms with E-state index in [2.05, 4.69) is 0 Å². The lowest BCUT2D eigenvalue weighted by atomic mass is 10.1. The molecule has 0 fully saturated rings. The number of thioether (sulfide) groups is 1. The van der Waals surface area contributed by atoms with Gasteiger partial charge in [0.1, 0.15) is 5.37 Å². The molecular formula is C15H13NO2S2. The molecule has 5 heteroatoms. The molecule has 102 valence electrons. The summed E-state index contributed by atoms with van der Waals surface area (Å²) in [5.74, 6) is 0.723. The predicted molar refractivity (Wildman–Crippen MR) is 80.8 cm³/mol. The molecule has 1 aromatic carbocycles. The molecule has 0 saturated carbocycles. The van der Waals surface area contributed by atoms with E-state index < -0.39 is 6.10 Å². The van der Waals surface area contributed by atoms with Crippen LogP contribution in [0.5, 0.6) is 0 Å². The summed E-state index contributed by atoms with van der Waals surface area (Å²) in [6.07, 6.45) is -0.439. The summed E-state index contributed by atoms with van der Waals surface area (Å²) < 4.78 is 0. The number of aliphatic hydroxyl groups is 1. The van der Waals surface area contributed by atoms with Crippen molar-refractivity contribution in [2.45, 2.75) is 18.0 Å². The van der Waals surface area contributed by atoms with E-state index in [1.807, 2.05) is 40.6 Å². The van der Waals surface area contributed by atoms with Crippen molar-refractivity contribution in [1.82, 2.24) is 4.90 Å². The number of carbonyl (C=O) groups is 1. The molecule has 2 aromatic rings.